The zero-order chi connectivity index (χ0) is 15.3. The van der Waals surface area contributed by atoms with E-state index in [-0.39, 0.29) is 5.41 Å². The van der Waals surface area contributed by atoms with Crippen molar-refractivity contribution >= 4 is 15.9 Å². The first kappa shape index (κ1) is 16.1. The van der Waals surface area contributed by atoms with Crippen LogP contribution in [0.4, 0.5) is 0 Å². The lowest BCUT2D eigenvalue weighted by atomic mass is 9.87. The van der Waals surface area contributed by atoms with Crippen molar-refractivity contribution in [2.75, 3.05) is 11.9 Å². The van der Waals surface area contributed by atoms with Crippen molar-refractivity contribution in [1.82, 2.24) is 0 Å². The Hall–Kier alpha value is -1.28. The molecule has 112 valence electrons. The van der Waals surface area contributed by atoms with Crippen molar-refractivity contribution in [1.29, 1.82) is 0 Å². The van der Waals surface area contributed by atoms with E-state index in [0.29, 0.717) is 12.5 Å². The second-order valence-electron chi connectivity index (χ2n) is 6.35. The summed E-state index contributed by atoms with van der Waals surface area (Å²) in [5, 5.41) is 0.899. The molecule has 0 aliphatic carbocycles. The van der Waals surface area contributed by atoms with Gasteiger partial charge in [0.05, 0.1) is 6.61 Å². The highest BCUT2D eigenvalue weighted by Gasteiger charge is 2.15. The fraction of sp³-hybridized carbons (Fsp3) is 0.368. The summed E-state index contributed by atoms with van der Waals surface area (Å²) < 4.78 is 6.02. The molecule has 0 bridgehead atoms. The fourth-order valence-corrected chi connectivity index (χ4v) is 2.77. The SMILES string of the molecule is CC(C)(C)c1cccc(OCC(CBr)c2ccccc2)c1. The molecule has 0 aliphatic heterocycles. The van der Waals surface area contributed by atoms with Crippen LogP contribution in [0.2, 0.25) is 0 Å². The molecule has 0 saturated carbocycles. The van der Waals surface area contributed by atoms with Gasteiger partial charge in [-0.3, -0.25) is 0 Å². The van der Waals surface area contributed by atoms with Crippen molar-refractivity contribution < 1.29 is 4.74 Å². The van der Waals surface area contributed by atoms with Gasteiger partial charge in [-0.1, -0.05) is 79.2 Å². The van der Waals surface area contributed by atoms with Gasteiger partial charge in [0.25, 0.3) is 0 Å². The molecule has 2 aromatic rings. The fourth-order valence-electron chi connectivity index (χ4n) is 2.20. The maximum Gasteiger partial charge on any atom is 0.119 e. The summed E-state index contributed by atoms with van der Waals surface area (Å²) in [5.41, 5.74) is 2.75. The number of alkyl halides is 1. The van der Waals surface area contributed by atoms with Crippen LogP contribution in [0.15, 0.2) is 54.6 Å². The van der Waals surface area contributed by atoms with Gasteiger partial charge in [0, 0.05) is 11.2 Å². The number of halogens is 1. The highest BCUT2D eigenvalue weighted by atomic mass is 79.9. The highest BCUT2D eigenvalue weighted by Crippen LogP contribution is 2.26. The van der Waals surface area contributed by atoms with E-state index in [4.69, 9.17) is 4.74 Å². The summed E-state index contributed by atoms with van der Waals surface area (Å²) >= 11 is 3.59. The highest BCUT2D eigenvalue weighted by molar-refractivity contribution is 9.09. The van der Waals surface area contributed by atoms with Crippen LogP contribution in [0.5, 0.6) is 5.75 Å². The van der Waals surface area contributed by atoms with Crippen molar-refractivity contribution in [2.24, 2.45) is 0 Å². The molecule has 0 radical (unpaired) electrons. The molecule has 21 heavy (non-hydrogen) atoms. The van der Waals surface area contributed by atoms with Gasteiger partial charge in [0.2, 0.25) is 0 Å². The van der Waals surface area contributed by atoms with Crippen LogP contribution in [-0.2, 0) is 5.41 Å². The van der Waals surface area contributed by atoms with Gasteiger partial charge < -0.3 is 4.74 Å². The third kappa shape index (κ3) is 4.60. The summed E-state index contributed by atoms with van der Waals surface area (Å²) in [6, 6.07) is 18.9. The van der Waals surface area contributed by atoms with Gasteiger partial charge in [0.15, 0.2) is 0 Å². The van der Waals surface area contributed by atoms with E-state index in [1.807, 2.05) is 12.1 Å². The first-order chi connectivity index (χ1) is 10.0. The number of benzene rings is 2. The maximum absolute atomic E-state index is 6.02. The van der Waals surface area contributed by atoms with Crippen LogP contribution in [0, 0.1) is 0 Å². The smallest absolute Gasteiger partial charge is 0.119 e. The molecule has 2 aromatic carbocycles. The largest absolute Gasteiger partial charge is 0.493 e. The molecule has 1 atom stereocenters. The Morgan fingerprint density at radius 3 is 2.33 bits per heavy atom. The minimum absolute atomic E-state index is 0.146. The lowest BCUT2D eigenvalue weighted by Crippen LogP contribution is -2.13. The van der Waals surface area contributed by atoms with Crippen LogP contribution >= 0.6 is 15.9 Å². The third-order valence-electron chi connectivity index (χ3n) is 3.61. The normalized spacial score (nSPS) is 13.0. The molecule has 0 heterocycles. The zero-order valence-electron chi connectivity index (χ0n) is 13.0. The summed E-state index contributed by atoms with van der Waals surface area (Å²) in [5.74, 6) is 1.31. The average molecular weight is 347 g/mol. The Balaban J connectivity index is 2.05. The maximum atomic E-state index is 6.02. The topological polar surface area (TPSA) is 9.23 Å². The molecule has 2 rings (SSSR count). The van der Waals surface area contributed by atoms with Crippen molar-refractivity contribution in [3.05, 3.63) is 65.7 Å². The minimum Gasteiger partial charge on any atom is -0.493 e. The average Bonchev–Trinajstić information content (AvgIpc) is 2.48. The van der Waals surface area contributed by atoms with E-state index in [0.717, 1.165) is 11.1 Å². The van der Waals surface area contributed by atoms with Crippen molar-refractivity contribution in [2.45, 2.75) is 32.1 Å². The number of rotatable bonds is 5. The summed E-state index contributed by atoms with van der Waals surface area (Å²) in [4.78, 5) is 0. The Morgan fingerprint density at radius 2 is 1.71 bits per heavy atom. The van der Waals surface area contributed by atoms with Crippen LogP contribution in [0.25, 0.3) is 0 Å². The summed E-state index contributed by atoms with van der Waals surface area (Å²) in [6.07, 6.45) is 0. The van der Waals surface area contributed by atoms with Crippen LogP contribution in [-0.4, -0.2) is 11.9 Å². The standard InChI is InChI=1S/C19H23BrO/c1-19(2,3)17-10-7-11-18(12-17)21-14-16(13-20)15-8-5-4-6-9-15/h4-12,16H,13-14H2,1-3H3. The first-order valence-electron chi connectivity index (χ1n) is 7.35. The molecule has 1 unspecified atom stereocenters. The van der Waals surface area contributed by atoms with E-state index < -0.39 is 0 Å². The van der Waals surface area contributed by atoms with Gasteiger partial charge in [-0.2, -0.15) is 0 Å². The molecule has 0 amide bonds. The quantitative estimate of drug-likeness (QED) is 0.645. The lowest BCUT2D eigenvalue weighted by molar-refractivity contribution is 0.297. The Labute approximate surface area is 136 Å². The van der Waals surface area contributed by atoms with Gasteiger partial charge in [-0.25, -0.2) is 0 Å². The van der Waals surface area contributed by atoms with Gasteiger partial charge >= 0.3 is 0 Å². The van der Waals surface area contributed by atoms with Crippen molar-refractivity contribution in [3.63, 3.8) is 0 Å². The molecule has 2 heteroatoms. The zero-order valence-corrected chi connectivity index (χ0v) is 14.6. The number of ether oxygens (including phenoxy) is 1. The monoisotopic (exact) mass is 346 g/mol. The lowest BCUT2D eigenvalue weighted by Gasteiger charge is -2.21. The second kappa shape index (κ2) is 7.13. The van der Waals surface area contributed by atoms with E-state index in [1.54, 1.807) is 0 Å². The molecule has 0 fully saturated rings. The first-order valence-corrected chi connectivity index (χ1v) is 8.47. The second-order valence-corrected chi connectivity index (χ2v) is 7.00. The van der Waals surface area contributed by atoms with Gasteiger partial charge in [0.1, 0.15) is 5.75 Å². The Morgan fingerprint density at radius 1 is 1.00 bits per heavy atom. The van der Waals surface area contributed by atoms with Crippen LogP contribution in [0.1, 0.15) is 37.8 Å². The third-order valence-corrected chi connectivity index (χ3v) is 4.39. The molecule has 1 nitrogen and oxygen atoms in total. The van der Waals surface area contributed by atoms with Gasteiger partial charge in [-0.05, 0) is 28.7 Å². The molecule has 0 aromatic heterocycles. The van der Waals surface area contributed by atoms with E-state index in [1.165, 1.54) is 11.1 Å². The molecule has 0 spiro atoms. The van der Waals surface area contributed by atoms with Crippen LogP contribution < -0.4 is 4.74 Å². The van der Waals surface area contributed by atoms with E-state index >= 15 is 0 Å². The van der Waals surface area contributed by atoms with Crippen LogP contribution in [0.3, 0.4) is 0 Å². The molecular weight excluding hydrogens is 324 g/mol. The molecule has 0 saturated heterocycles. The Kier molecular flexibility index (Phi) is 5.46. The predicted octanol–water partition coefficient (Wildman–Crippen LogP) is 5.54. The molecular formula is C19H23BrO. The summed E-state index contributed by atoms with van der Waals surface area (Å²) in [6.45, 7) is 7.34. The Bertz CT molecular complexity index is 557. The predicted molar refractivity (Wildman–Crippen MR) is 93.6 cm³/mol. The van der Waals surface area contributed by atoms with E-state index in [2.05, 4.69) is 79.2 Å². The number of hydrogen-bond donors (Lipinski definition) is 0. The van der Waals surface area contributed by atoms with E-state index in [9.17, 15) is 0 Å². The molecule has 0 N–H and O–H groups in total. The molecule has 0 aliphatic rings. The number of hydrogen-bond acceptors (Lipinski definition) is 1. The van der Waals surface area contributed by atoms with Gasteiger partial charge in [-0.15, -0.1) is 0 Å². The minimum atomic E-state index is 0.146. The summed E-state index contributed by atoms with van der Waals surface area (Å²) in [7, 11) is 0. The van der Waals surface area contributed by atoms with Crippen molar-refractivity contribution in [3.8, 4) is 5.75 Å².